The van der Waals surface area contributed by atoms with Gasteiger partial charge in [-0.05, 0) is 39.8 Å². The third-order valence-electron chi connectivity index (χ3n) is 5.38. The highest BCUT2D eigenvalue weighted by molar-refractivity contribution is 5.76. The molecule has 7 nitrogen and oxygen atoms in total. The highest BCUT2D eigenvalue weighted by atomic mass is 16.2. The second-order valence-corrected chi connectivity index (χ2v) is 7.04. The van der Waals surface area contributed by atoms with Crippen molar-refractivity contribution < 1.29 is 9.59 Å². The van der Waals surface area contributed by atoms with Crippen LogP contribution < -0.4 is 0 Å². The molecule has 2 aliphatic rings. The number of rotatable bonds is 5. The third-order valence-corrected chi connectivity index (χ3v) is 5.38. The van der Waals surface area contributed by atoms with E-state index in [1.54, 1.807) is 0 Å². The van der Waals surface area contributed by atoms with Crippen LogP contribution >= 0.6 is 0 Å². The van der Waals surface area contributed by atoms with Crippen LogP contribution in [0.2, 0.25) is 0 Å². The predicted octanol–water partition coefficient (Wildman–Crippen LogP) is 1.60. The molecule has 0 aliphatic carbocycles. The van der Waals surface area contributed by atoms with E-state index in [2.05, 4.69) is 4.90 Å². The van der Waals surface area contributed by atoms with Gasteiger partial charge in [0, 0.05) is 59.4 Å². The fourth-order valence-corrected chi connectivity index (χ4v) is 3.59. The number of piperazine rings is 1. The normalized spacial score (nSPS) is 19.0. The Kier molecular flexibility index (Phi) is 7.81. The van der Waals surface area contributed by atoms with Crippen molar-refractivity contribution in [2.24, 2.45) is 0 Å². The average Bonchev–Trinajstić information content (AvgIpc) is 2.67. The monoisotopic (exact) mass is 353 g/mol. The highest BCUT2D eigenvalue weighted by Crippen LogP contribution is 2.10. The van der Waals surface area contributed by atoms with Gasteiger partial charge in [-0.15, -0.1) is 0 Å². The second kappa shape index (κ2) is 9.85. The molecule has 2 heterocycles. The lowest BCUT2D eigenvalue weighted by Crippen LogP contribution is -2.56. The van der Waals surface area contributed by atoms with Crippen molar-refractivity contribution >= 4 is 12.1 Å². The van der Waals surface area contributed by atoms with Gasteiger partial charge in [0.25, 0.3) is 0 Å². The molecule has 0 saturated carbocycles. The smallest absolute Gasteiger partial charge is 0.320 e. The Morgan fingerprint density at radius 3 is 1.84 bits per heavy atom. The van der Waals surface area contributed by atoms with E-state index in [1.807, 2.05) is 40.5 Å². The summed E-state index contributed by atoms with van der Waals surface area (Å²) in [6.07, 6.45) is 3.89. The fourth-order valence-electron chi connectivity index (χ4n) is 3.59. The summed E-state index contributed by atoms with van der Waals surface area (Å²) in [6.45, 7) is 12.0. The molecular weight excluding hydrogens is 318 g/mol. The molecule has 2 rings (SSSR count). The maximum atomic E-state index is 12.6. The molecule has 0 spiro atoms. The Labute approximate surface area is 152 Å². The summed E-state index contributed by atoms with van der Waals surface area (Å²) in [5, 5.41) is 0. The van der Waals surface area contributed by atoms with Crippen molar-refractivity contribution in [1.29, 1.82) is 0 Å². The quantitative estimate of drug-likeness (QED) is 0.754. The van der Waals surface area contributed by atoms with Gasteiger partial charge in [0.2, 0.25) is 0 Å². The zero-order valence-corrected chi connectivity index (χ0v) is 16.2. The first kappa shape index (κ1) is 19.8. The van der Waals surface area contributed by atoms with Gasteiger partial charge in [-0.25, -0.2) is 9.59 Å². The Hall–Kier alpha value is -1.50. The van der Waals surface area contributed by atoms with Crippen LogP contribution in [0.3, 0.4) is 0 Å². The highest BCUT2D eigenvalue weighted by Gasteiger charge is 2.27. The van der Waals surface area contributed by atoms with Crippen molar-refractivity contribution in [2.75, 3.05) is 72.5 Å². The summed E-state index contributed by atoms with van der Waals surface area (Å²) >= 11 is 0. The molecule has 7 heteroatoms. The van der Waals surface area contributed by atoms with Crippen LogP contribution in [0.15, 0.2) is 0 Å². The van der Waals surface area contributed by atoms with Crippen LogP contribution in [0, 0.1) is 0 Å². The van der Waals surface area contributed by atoms with Gasteiger partial charge in [-0.2, -0.15) is 0 Å². The zero-order chi connectivity index (χ0) is 18.2. The molecule has 0 N–H and O–H groups in total. The minimum absolute atomic E-state index is 0.0898. The van der Waals surface area contributed by atoms with E-state index in [0.29, 0.717) is 26.2 Å². The van der Waals surface area contributed by atoms with Crippen LogP contribution in [-0.4, -0.2) is 109 Å². The first-order valence-corrected chi connectivity index (χ1v) is 9.83. The summed E-state index contributed by atoms with van der Waals surface area (Å²) in [6, 6.07) is 0.183. The zero-order valence-electron chi connectivity index (χ0n) is 16.2. The average molecular weight is 354 g/mol. The number of carbonyl (C=O) groups is 2. The molecule has 0 aromatic carbocycles. The molecule has 0 aromatic rings. The number of urea groups is 2. The van der Waals surface area contributed by atoms with Gasteiger partial charge in [-0.3, -0.25) is 0 Å². The summed E-state index contributed by atoms with van der Waals surface area (Å²) in [5.74, 6) is 0. The molecule has 0 unspecified atom stereocenters. The first-order valence-electron chi connectivity index (χ1n) is 9.83. The van der Waals surface area contributed by atoms with Crippen molar-refractivity contribution in [3.05, 3.63) is 0 Å². The van der Waals surface area contributed by atoms with E-state index in [9.17, 15) is 9.59 Å². The van der Waals surface area contributed by atoms with Gasteiger partial charge in [0.1, 0.15) is 0 Å². The number of carbonyl (C=O) groups excluding carboxylic acids is 2. The number of amides is 4. The maximum Gasteiger partial charge on any atom is 0.320 e. The Morgan fingerprint density at radius 2 is 1.32 bits per heavy atom. The summed E-state index contributed by atoms with van der Waals surface area (Å²) in [5.41, 5.74) is 0. The first-order chi connectivity index (χ1) is 12.1. The van der Waals surface area contributed by atoms with Crippen LogP contribution in [0.5, 0.6) is 0 Å². The van der Waals surface area contributed by atoms with E-state index in [0.717, 1.165) is 39.3 Å². The topological polar surface area (TPSA) is 50.3 Å². The molecule has 0 aromatic heterocycles. The minimum atomic E-state index is 0.0898. The third kappa shape index (κ3) is 5.49. The molecule has 2 saturated heterocycles. The Balaban J connectivity index is 1.73. The molecule has 0 bridgehead atoms. The lowest BCUT2D eigenvalue weighted by atomic mass is 10.1. The molecule has 2 aliphatic heterocycles. The van der Waals surface area contributed by atoms with Gasteiger partial charge in [0.05, 0.1) is 0 Å². The number of hydrogen-bond donors (Lipinski definition) is 0. The summed E-state index contributed by atoms with van der Waals surface area (Å²) < 4.78 is 0. The molecule has 2 fully saturated rings. The van der Waals surface area contributed by atoms with Crippen molar-refractivity contribution in [1.82, 2.24) is 24.5 Å². The largest absolute Gasteiger partial charge is 0.326 e. The molecule has 0 radical (unpaired) electrons. The van der Waals surface area contributed by atoms with Gasteiger partial charge in [-0.1, -0.05) is 6.42 Å². The van der Waals surface area contributed by atoms with Crippen LogP contribution in [-0.2, 0) is 0 Å². The SMILES string of the molecule is CCN(CC)C(=O)N1CCN(C(=O)N(C)CCN2CCCCC2)CC1. The van der Waals surface area contributed by atoms with E-state index in [1.165, 1.54) is 19.3 Å². The van der Waals surface area contributed by atoms with Crippen LogP contribution in [0.1, 0.15) is 33.1 Å². The number of hydrogen-bond acceptors (Lipinski definition) is 3. The minimum Gasteiger partial charge on any atom is -0.326 e. The van der Waals surface area contributed by atoms with E-state index < -0.39 is 0 Å². The second-order valence-electron chi connectivity index (χ2n) is 7.04. The number of nitrogens with zero attached hydrogens (tertiary/aromatic N) is 5. The summed E-state index contributed by atoms with van der Waals surface area (Å²) in [7, 11) is 1.89. The molecular formula is C18H35N5O2. The number of likely N-dealkylation sites (N-methyl/N-ethyl adjacent to an activating group) is 1. The lowest BCUT2D eigenvalue weighted by Gasteiger charge is -2.38. The van der Waals surface area contributed by atoms with Gasteiger partial charge < -0.3 is 24.5 Å². The van der Waals surface area contributed by atoms with Crippen molar-refractivity contribution in [3.8, 4) is 0 Å². The van der Waals surface area contributed by atoms with Gasteiger partial charge >= 0.3 is 12.1 Å². The van der Waals surface area contributed by atoms with E-state index in [4.69, 9.17) is 0 Å². The van der Waals surface area contributed by atoms with Gasteiger partial charge in [0.15, 0.2) is 0 Å². The van der Waals surface area contributed by atoms with E-state index >= 15 is 0 Å². The Morgan fingerprint density at radius 1 is 0.800 bits per heavy atom. The molecule has 25 heavy (non-hydrogen) atoms. The number of likely N-dealkylation sites (tertiary alicyclic amines) is 1. The fraction of sp³-hybridized carbons (Fsp3) is 0.889. The van der Waals surface area contributed by atoms with E-state index in [-0.39, 0.29) is 12.1 Å². The number of piperidine rings is 1. The Bertz CT molecular complexity index is 427. The molecule has 144 valence electrons. The molecule has 0 atom stereocenters. The van der Waals surface area contributed by atoms with Crippen LogP contribution in [0.4, 0.5) is 9.59 Å². The standard InChI is InChI=1S/C18H35N5O2/c1-4-21(5-2)18(25)23-15-13-22(14-16-23)17(24)19(3)11-12-20-9-7-6-8-10-20/h4-16H2,1-3H3. The van der Waals surface area contributed by atoms with Crippen molar-refractivity contribution in [3.63, 3.8) is 0 Å². The predicted molar refractivity (Wildman–Crippen MR) is 99.8 cm³/mol. The summed E-state index contributed by atoms with van der Waals surface area (Å²) in [4.78, 5) is 34.9. The van der Waals surface area contributed by atoms with Crippen molar-refractivity contribution in [2.45, 2.75) is 33.1 Å². The maximum absolute atomic E-state index is 12.6. The lowest BCUT2D eigenvalue weighted by molar-refractivity contribution is 0.107. The molecule has 4 amide bonds. The van der Waals surface area contributed by atoms with Crippen LogP contribution in [0.25, 0.3) is 0 Å².